The van der Waals surface area contributed by atoms with Crippen LogP contribution >= 0.6 is 0 Å². The predicted octanol–water partition coefficient (Wildman–Crippen LogP) is 4.25. The Hall–Kier alpha value is -2.95. The second kappa shape index (κ2) is 10.3. The van der Waals surface area contributed by atoms with Gasteiger partial charge in [-0.05, 0) is 42.8 Å². The van der Waals surface area contributed by atoms with Crippen molar-refractivity contribution in [2.75, 3.05) is 7.11 Å². The summed E-state index contributed by atoms with van der Waals surface area (Å²) >= 11 is 0. The van der Waals surface area contributed by atoms with Crippen molar-refractivity contribution < 1.29 is 23.9 Å². The lowest BCUT2D eigenvalue weighted by Crippen LogP contribution is -2.27. The molecular weight excluding hydrogens is 344 g/mol. The van der Waals surface area contributed by atoms with Crippen LogP contribution in [0.1, 0.15) is 43.0 Å². The molecule has 0 aliphatic heterocycles. The van der Waals surface area contributed by atoms with E-state index in [1.54, 1.807) is 61.7 Å². The minimum atomic E-state index is -0.846. The maximum Gasteiger partial charge on any atom is 0.318 e. The zero-order valence-corrected chi connectivity index (χ0v) is 15.6. The van der Waals surface area contributed by atoms with E-state index in [2.05, 4.69) is 0 Å². The third-order valence-corrected chi connectivity index (χ3v) is 4.22. The maximum atomic E-state index is 12.8. The average molecular weight is 368 g/mol. The maximum absolute atomic E-state index is 12.8. The van der Waals surface area contributed by atoms with Crippen LogP contribution in [0.25, 0.3) is 0 Å². The first kappa shape index (κ1) is 20.4. The number of unbranched alkanes of at least 4 members (excludes halogenated alkanes) is 1. The van der Waals surface area contributed by atoms with Gasteiger partial charge in [-0.15, -0.1) is 0 Å². The lowest BCUT2D eigenvalue weighted by atomic mass is 9.88. The molecule has 0 bridgehead atoms. The van der Waals surface area contributed by atoms with Gasteiger partial charge in [0.2, 0.25) is 0 Å². The van der Waals surface area contributed by atoms with Gasteiger partial charge in [0.15, 0.2) is 11.6 Å². The molecule has 1 atom stereocenters. The van der Waals surface area contributed by atoms with E-state index in [0.29, 0.717) is 23.5 Å². The number of para-hydroxylation sites is 1. The van der Waals surface area contributed by atoms with Gasteiger partial charge < -0.3 is 9.47 Å². The third kappa shape index (κ3) is 6.06. The molecule has 0 spiro atoms. The lowest BCUT2D eigenvalue weighted by Gasteiger charge is -2.14. The Morgan fingerprint density at radius 1 is 0.926 bits per heavy atom. The second-order valence-corrected chi connectivity index (χ2v) is 6.22. The van der Waals surface area contributed by atoms with Crippen molar-refractivity contribution >= 4 is 17.5 Å². The highest BCUT2D eigenvalue weighted by atomic mass is 16.5. The molecule has 0 heterocycles. The highest BCUT2D eigenvalue weighted by Gasteiger charge is 2.29. The van der Waals surface area contributed by atoms with Crippen LogP contribution in [0.3, 0.4) is 0 Å². The van der Waals surface area contributed by atoms with E-state index < -0.39 is 24.1 Å². The monoisotopic (exact) mass is 368 g/mol. The first-order valence-electron chi connectivity index (χ1n) is 9.01. The summed E-state index contributed by atoms with van der Waals surface area (Å²) < 4.78 is 10.3. The van der Waals surface area contributed by atoms with E-state index in [1.165, 1.54) is 0 Å². The number of Topliss-reactive ketones (excluding diaryl/α,β-unsaturated/α-hetero) is 2. The van der Waals surface area contributed by atoms with Gasteiger partial charge in [-0.25, -0.2) is 0 Å². The molecule has 0 aliphatic rings. The minimum absolute atomic E-state index is 0.274. The molecule has 0 saturated heterocycles. The van der Waals surface area contributed by atoms with Gasteiger partial charge in [0.1, 0.15) is 17.9 Å². The SMILES string of the molecule is CCCCC(C(=O)CC(=O)Oc1ccccc1)C(=O)c1ccc(OC)cc1. The van der Waals surface area contributed by atoms with Crippen LogP contribution in [-0.4, -0.2) is 24.6 Å². The molecule has 5 nitrogen and oxygen atoms in total. The third-order valence-electron chi connectivity index (χ3n) is 4.22. The summed E-state index contributed by atoms with van der Waals surface area (Å²) in [5.41, 5.74) is 0.432. The number of esters is 1. The smallest absolute Gasteiger partial charge is 0.318 e. The lowest BCUT2D eigenvalue weighted by molar-refractivity contribution is -0.138. The molecule has 0 aliphatic carbocycles. The molecule has 0 aromatic heterocycles. The number of carbonyl (C=O) groups is 3. The van der Waals surface area contributed by atoms with Gasteiger partial charge in [0.05, 0.1) is 13.0 Å². The van der Waals surface area contributed by atoms with Gasteiger partial charge in [-0.1, -0.05) is 38.0 Å². The second-order valence-electron chi connectivity index (χ2n) is 6.22. The largest absolute Gasteiger partial charge is 0.497 e. The normalized spacial score (nSPS) is 11.5. The summed E-state index contributed by atoms with van der Waals surface area (Å²) in [7, 11) is 1.54. The minimum Gasteiger partial charge on any atom is -0.497 e. The Bertz CT molecular complexity index is 765. The summed E-state index contributed by atoms with van der Waals surface area (Å²) in [6.07, 6.45) is 1.57. The van der Waals surface area contributed by atoms with Gasteiger partial charge in [0, 0.05) is 5.56 Å². The van der Waals surface area contributed by atoms with Crippen LogP contribution in [0.2, 0.25) is 0 Å². The Labute approximate surface area is 159 Å². The summed E-state index contributed by atoms with van der Waals surface area (Å²) in [5, 5.41) is 0. The first-order chi connectivity index (χ1) is 13.0. The Kier molecular flexibility index (Phi) is 7.74. The van der Waals surface area contributed by atoms with Crippen molar-refractivity contribution in [3.63, 3.8) is 0 Å². The molecule has 0 radical (unpaired) electrons. The molecule has 2 aromatic carbocycles. The summed E-state index contributed by atoms with van der Waals surface area (Å²) in [5.74, 6) is -1.18. The molecule has 5 heteroatoms. The molecule has 27 heavy (non-hydrogen) atoms. The highest BCUT2D eigenvalue weighted by molar-refractivity contribution is 6.14. The number of ketones is 2. The fourth-order valence-corrected chi connectivity index (χ4v) is 2.72. The summed E-state index contributed by atoms with van der Waals surface area (Å²) in [4.78, 5) is 37.5. The molecule has 0 fully saturated rings. The van der Waals surface area contributed by atoms with E-state index in [9.17, 15) is 14.4 Å². The number of hydrogen-bond donors (Lipinski definition) is 0. The Balaban J connectivity index is 2.07. The Morgan fingerprint density at radius 2 is 1.59 bits per heavy atom. The topological polar surface area (TPSA) is 69.7 Å². The van der Waals surface area contributed by atoms with E-state index in [-0.39, 0.29) is 5.78 Å². The van der Waals surface area contributed by atoms with Gasteiger partial charge >= 0.3 is 5.97 Å². The van der Waals surface area contributed by atoms with Gasteiger partial charge in [0.25, 0.3) is 0 Å². The molecule has 0 amide bonds. The number of rotatable bonds is 10. The van der Waals surface area contributed by atoms with E-state index in [0.717, 1.165) is 12.8 Å². The molecule has 2 aromatic rings. The first-order valence-corrected chi connectivity index (χ1v) is 9.01. The van der Waals surface area contributed by atoms with Crippen molar-refractivity contribution in [2.45, 2.75) is 32.6 Å². The standard InChI is InChI=1S/C22H24O5/c1-3-4-10-19(22(25)16-11-13-17(26-2)14-12-16)20(23)15-21(24)27-18-8-6-5-7-9-18/h5-9,11-14,19H,3-4,10,15H2,1-2H3. The molecule has 0 saturated carbocycles. The Morgan fingerprint density at radius 3 is 2.19 bits per heavy atom. The van der Waals surface area contributed by atoms with Gasteiger partial charge in [-0.2, -0.15) is 0 Å². The van der Waals surface area contributed by atoms with Crippen LogP contribution in [0.15, 0.2) is 54.6 Å². The number of hydrogen-bond acceptors (Lipinski definition) is 5. The average Bonchev–Trinajstić information content (AvgIpc) is 2.68. The predicted molar refractivity (Wildman–Crippen MR) is 102 cm³/mol. The number of methoxy groups -OCH3 is 1. The number of ether oxygens (including phenoxy) is 2. The van der Waals surface area contributed by atoms with Crippen LogP contribution in [0.4, 0.5) is 0 Å². The van der Waals surface area contributed by atoms with Crippen LogP contribution < -0.4 is 9.47 Å². The van der Waals surface area contributed by atoms with Crippen molar-refractivity contribution in [1.29, 1.82) is 0 Å². The number of carbonyl (C=O) groups excluding carboxylic acids is 3. The van der Waals surface area contributed by atoms with Crippen molar-refractivity contribution in [2.24, 2.45) is 5.92 Å². The van der Waals surface area contributed by atoms with E-state index >= 15 is 0 Å². The zero-order chi connectivity index (χ0) is 19.6. The van der Waals surface area contributed by atoms with Crippen molar-refractivity contribution in [3.05, 3.63) is 60.2 Å². The molecule has 0 N–H and O–H groups in total. The summed E-state index contributed by atoms with van der Waals surface area (Å²) in [6, 6.07) is 15.2. The molecular formula is C22H24O5. The van der Waals surface area contributed by atoms with Crippen molar-refractivity contribution in [1.82, 2.24) is 0 Å². The van der Waals surface area contributed by atoms with E-state index in [4.69, 9.17) is 9.47 Å². The molecule has 142 valence electrons. The molecule has 2 rings (SSSR count). The number of benzene rings is 2. The fourth-order valence-electron chi connectivity index (χ4n) is 2.72. The van der Waals surface area contributed by atoms with Crippen LogP contribution in [0, 0.1) is 5.92 Å². The van der Waals surface area contributed by atoms with E-state index in [1.807, 2.05) is 6.92 Å². The quantitative estimate of drug-likeness (QED) is 0.271. The zero-order valence-electron chi connectivity index (χ0n) is 15.6. The van der Waals surface area contributed by atoms with Crippen LogP contribution in [-0.2, 0) is 9.59 Å². The summed E-state index contributed by atoms with van der Waals surface area (Å²) in [6.45, 7) is 1.99. The van der Waals surface area contributed by atoms with Gasteiger partial charge in [-0.3, -0.25) is 14.4 Å². The molecule has 1 unspecified atom stereocenters. The fraction of sp³-hybridized carbons (Fsp3) is 0.318. The highest BCUT2D eigenvalue weighted by Crippen LogP contribution is 2.21. The van der Waals surface area contributed by atoms with Crippen LogP contribution in [0.5, 0.6) is 11.5 Å². The van der Waals surface area contributed by atoms with Crippen molar-refractivity contribution in [3.8, 4) is 11.5 Å².